The van der Waals surface area contributed by atoms with E-state index in [-0.39, 0.29) is 6.10 Å². The maximum Gasteiger partial charge on any atom is 0.162 e. The second-order valence-corrected chi connectivity index (χ2v) is 5.78. The first kappa shape index (κ1) is 15.8. The summed E-state index contributed by atoms with van der Waals surface area (Å²) in [7, 11) is 0. The van der Waals surface area contributed by atoms with Gasteiger partial charge in [0.2, 0.25) is 0 Å². The van der Waals surface area contributed by atoms with Crippen LogP contribution in [-0.2, 0) is 0 Å². The van der Waals surface area contributed by atoms with Gasteiger partial charge in [-0.2, -0.15) is 0 Å². The van der Waals surface area contributed by atoms with Crippen LogP contribution >= 0.6 is 0 Å². The van der Waals surface area contributed by atoms with Crippen molar-refractivity contribution in [2.45, 2.75) is 25.9 Å². The van der Waals surface area contributed by atoms with Crippen LogP contribution in [0.15, 0.2) is 48.7 Å². The molecule has 2 heterocycles. The third-order valence-corrected chi connectivity index (χ3v) is 4.15. The number of hydrogen-bond donors (Lipinski definition) is 1. The summed E-state index contributed by atoms with van der Waals surface area (Å²) in [6, 6.07) is 13.9. The molecule has 0 radical (unpaired) electrons. The van der Waals surface area contributed by atoms with Crippen LogP contribution < -0.4 is 14.8 Å². The number of benzene rings is 1. The van der Waals surface area contributed by atoms with Crippen molar-refractivity contribution in [2.24, 2.45) is 5.92 Å². The lowest BCUT2D eigenvalue weighted by Gasteiger charge is -2.31. The topological polar surface area (TPSA) is 43.4 Å². The highest BCUT2D eigenvalue weighted by Crippen LogP contribution is 2.35. The van der Waals surface area contributed by atoms with Gasteiger partial charge in [-0.15, -0.1) is 0 Å². The van der Waals surface area contributed by atoms with Gasteiger partial charge in [0.1, 0.15) is 6.10 Å². The summed E-state index contributed by atoms with van der Waals surface area (Å²) in [6.07, 6.45) is 4.08. The van der Waals surface area contributed by atoms with Crippen molar-refractivity contribution >= 4 is 0 Å². The third-order valence-electron chi connectivity index (χ3n) is 4.15. The van der Waals surface area contributed by atoms with Gasteiger partial charge in [0, 0.05) is 18.7 Å². The third kappa shape index (κ3) is 4.02. The van der Waals surface area contributed by atoms with Gasteiger partial charge in [-0.25, -0.2) is 0 Å². The molecule has 1 aliphatic heterocycles. The Morgan fingerprint density at radius 3 is 2.70 bits per heavy atom. The molecule has 0 aliphatic carbocycles. The number of pyridine rings is 1. The molecular weight excluding hydrogens is 288 g/mol. The van der Waals surface area contributed by atoms with Crippen molar-refractivity contribution in [2.75, 3.05) is 19.7 Å². The van der Waals surface area contributed by atoms with Gasteiger partial charge >= 0.3 is 0 Å². The zero-order chi connectivity index (χ0) is 15.9. The zero-order valence-electron chi connectivity index (χ0n) is 13.6. The van der Waals surface area contributed by atoms with E-state index < -0.39 is 0 Å². The smallest absolute Gasteiger partial charge is 0.162 e. The van der Waals surface area contributed by atoms with Gasteiger partial charge < -0.3 is 14.8 Å². The molecule has 4 heteroatoms. The normalized spacial score (nSPS) is 19.1. The van der Waals surface area contributed by atoms with Crippen molar-refractivity contribution in [3.05, 3.63) is 54.4 Å². The second-order valence-electron chi connectivity index (χ2n) is 5.78. The van der Waals surface area contributed by atoms with E-state index in [0.717, 1.165) is 36.7 Å². The van der Waals surface area contributed by atoms with E-state index in [4.69, 9.17) is 9.47 Å². The van der Waals surface area contributed by atoms with E-state index in [1.807, 2.05) is 55.6 Å². The molecule has 1 aromatic heterocycles. The van der Waals surface area contributed by atoms with Crippen LogP contribution in [0.3, 0.4) is 0 Å². The van der Waals surface area contributed by atoms with Gasteiger partial charge in [-0.05, 0) is 50.6 Å². The molecule has 1 aromatic carbocycles. The Hall–Kier alpha value is -2.07. The fourth-order valence-corrected chi connectivity index (χ4v) is 3.04. The first-order valence-electron chi connectivity index (χ1n) is 8.38. The number of rotatable bonds is 6. The standard InChI is InChI=1S/C19H24N2O2/c1-2-22-17-10-3-4-11-18(17)23-19(15-8-7-12-20-14-15)16-9-5-6-13-21-16/h3-6,9-11,13,15,19-20H,2,7-8,12,14H2,1H3/t15?,19-/m0/s1. The summed E-state index contributed by atoms with van der Waals surface area (Å²) in [4.78, 5) is 4.53. The highest BCUT2D eigenvalue weighted by atomic mass is 16.5. The molecule has 1 aliphatic rings. The zero-order valence-corrected chi connectivity index (χ0v) is 13.6. The summed E-state index contributed by atoms with van der Waals surface area (Å²) in [5.41, 5.74) is 0.979. The van der Waals surface area contributed by atoms with E-state index in [1.54, 1.807) is 0 Å². The number of nitrogens with zero attached hydrogens (tertiary/aromatic N) is 1. The summed E-state index contributed by atoms with van der Waals surface area (Å²) >= 11 is 0. The molecule has 2 aromatic rings. The van der Waals surface area contributed by atoms with Crippen LogP contribution in [-0.4, -0.2) is 24.7 Å². The minimum absolute atomic E-state index is 0.0643. The molecule has 1 saturated heterocycles. The van der Waals surface area contributed by atoms with Crippen molar-refractivity contribution in [3.63, 3.8) is 0 Å². The van der Waals surface area contributed by atoms with E-state index in [9.17, 15) is 0 Å². The Morgan fingerprint density at radius 2 is 2.00 bits per heavy atom. The minimum Gasteiger partial charge on any atom is -0.490 e. The molecule has 4 nitrogen and oxygen atoms in total. The Balaban J connectivity index is 1.86. The summed E-state index contributed by atoms with van der Waals surface area (Å²) in [6.45, 7) is 4.65. The summed E-state index contributed by atoms with van der Waals surface area (Å²) in [5.74, 6) is 1.99. The molecule has 1 fully saturated rings. The van der Waals surface area contributed by atoms with Crippen LogP contribution in [0.4, 0.5) is 0 Å². The minimum atomic E-state index is -0.0643. The van der Waals surface area contributed by atoms with Crippen molar-refractivity contribution in [3.8, 4) is 11.5 Å². The van der Waals surface area contributed by atoms with Crippen molar-refractivity contribution in [1.29, 1.82) is 0 Å². The number of para-hydroxylation sites is 2. The number of aromatic nitrogens is 1. The predicted molar refractivity (Wildman–Crippen MR) is 90.8 cm³/mol. The van der Waals surface area contributed by atoms with Crippen LogP contribution in [0.25, 0.3) is 0 Å². The predicted octanol–water partition coefficient (Wildman–Crippen LogP) is 3.60. The van der Waals surface area contributed by atoms with Crippen LogP contribution in [0.5, 0.6) is 11.5 Å². The monoisotopic (exact) mass is 312 g/mol. The molecule has 2 atom stereocenters. The van der Waals surface area contributed by atoms with Gasteiger partial charge in [0.25, 0.3) is 0 Å². The fraction of sp³-hybridized carbons (Fsp3) is 0.421. The first-order chi connectivity index (χ1) is 11.4. The van der Waals surface area contributed by atoms with Crippen molar-refractivity contribution in [1.82, 2.24) is 10.3 Å². The Bertz CT molecular complexity index is 597. The quantitative estimate of drug-likeness (QED) is 0.885. The number of nitrogens with one attached hydrogen (secondary N) is 1. The Labute approximate surface area is 137 Å². The largest absolute Gasteiger partial charge is 0.490 e. The molecule has 1 N–H and O–H groups in total. The summed E-state index contributed by atoms with van der Waals surface area (Å²) < 4.78 is 12.1. The molecule has 23 heavy (non-hydrogen) atoms. The molecule has 0 spiro atoms. The second kappa shape index (κ2) is 7.97. The average Bonchev–Trinajstić information content (AvgIpc) is 2.63. The number of hydrogen-bond acceptors (Lipinski definition) is 4. The van der Waals surface area contributed by atoms with Crippen LogP contribution in [0.1, 0.15) is 31.6 Å². The van der Waals surface area contributed by atoms with Gasteiger partial charge in [-0.3, -0.25) is 4.98 Å². The summed E-state index contributed by atoms with van der Waals surface area (Å²) in [5, 5.41) is 3.47. The molecule has 122 valence electrons. The molecule has 0 amide bonds. The van der Waals surface area contributed by atoms with E-state index in [2.05, 4.69) is 10.3 Å². The maximum absolute atomic E-state index is 6.40. The Kier molecular flexibility index (Phi) is 5.48. The lowest BCUT2D eigenvalue weighted by atomic mass is 9.91. The van der Waals surface area contributed by atoms with Crippen LogP contribution in [0.2, 0.25) is 0 Å². The molecule has 3 rings (SSSR count). The lowest BCUT2D eigenvalue weighted by Crippen LogP contribution is -2.35. The molecular formula is C19H24N2O2. The first-order valence-corrected chi connectivity index (χ1v) is 8.38. The van der Waals surface area contributed by atoms with E-state index in [0.29, 0.717) is 12.5 Å². The molecule has 0 bridgehead atoms. The lowest BCUT2D eigenvalue weighted by molar-refractivity contribution is 0.107. The van der Waals surface area contributed by atoms with Gasteiger partial charge in [0.05, 0.1) is 12.3 Å². The van der Waals surface area contributed by atoms with Gasteiger partial charge in [-0.1, -0.05) is 18.2 Å². The van der Waals surface area contributed by atoms with E-state index in [1.165, 1.54) is 6.42 Å². The fourth-order valence-electron chi connectivity index (χ4n) is 3.04. The number of piperidine rings is 1. The molecule has 0 saturated carbocycles. The van der Waals surface area contributed by atoms with Crippen molar-refractivity contribution < 1.29 is 9.47 Å². The highest BCUT2D eigenvalue weighted by molar-refractivity contribution is 5.40. The van der Waals surface area contributed by atoms with Gasteiger partial charge in [0.15, 0.2) is 11.5 Å². The highest BCUT2D eigenvalue weighted by Gasteiger charge is 2.28. The number of ether oxygens (including phenoxy) is 2. The molecule has 1 unspecified atom stereocenters. The maximum atomic E-state index is 6.40. The van der Waals surface area contributed by atoms with E-state index >= 15 is 0 Å². The average molecular weight is 312 g/mol. The Morgan fingerprint density at radius 1 is 1.17 bits per heavy atom. The SMILES string of the molecule is CCOc1ccccc1O[C@H](c1ccccn1)C1CCCNC1. The van der Waals surface area contributed by atoms with Crippen LogP contribution in [0, 0.1) is 5.92 Å².